The summed E-state index contributed by atoms with van der Waals surface area (Å²) in [6.45, 7) is 3.31. The average molecular weight is 277 g/mol. The van der Waals surface area contributed by atoms with Crippen LogP contribution in [0.5, 0.6) is 0 Å². The smallest absolute Gasteiger partial charge is 0.0700 e. The van der Waals surface area contributed by atoms with Crippen molar-refractivity contribution in [3.05, 3.63) is 35.9 Å². The Kier molecular flexibility index (Phi) is 7.06. The summed E-state index contributed by atoms with van der Waals surface area (Å²) in [6.07, 6.45) is 5.02. The Morgan fingerprint density at radius 3 is 2.60 bits per heavy atom. The molecule has 1 aliphatic rings. The number of methoxy groups -OCH3 is 1. The van der Waals surface area contributed by atoms with Gasteiger partial charge in [0.15, 0.2) is 0 Å². The van der Waals surface area contributed by atoms with Gasteiger partial charge in [-0.05, 0) is 43.7 Å². The van der Waals surface area contributed by atoms with Crippen LogP contribution in [0.4, 0.5) is 0 Å². The van der Waals surface area contributed by atoms with Crippen molar-refractivity contribution in [1.82, 2.24) is 5.32 Å². The first-order chi connectivity index (χ1) is 9.92. The summed E-state index contributed by atoms with van der Waals surface area (Å²) >= 11 is 0. The van der Waals surface area contributed by atoms with Gasteiger partial charge in [-0.25, -0.2) is 0 Å². The lowest BCUT2D eigenvalue weighted by molar-refractivity contribution is 0.0687. The molecule has 20 heavy (non-hydrogen) atoms. The Morgan fingerprint density at radius 1 is 1.10 bits per heavy atom. The van der Waals surface area contributed by atoms with Crippen molar-refractivity contribution in [2.45, 2.75) is 31.7 Å². The van der Waals surface area contributed by atoms with Crippen molar-refractivity contribution in [1.29, 1.82) is 0 Å². The number of rotatable bonds is 11. The minimum absolute atomic E-state index is 0.547. The molecule has 1 saturated carbocycles. The summed E-state index contributed by atoms with van der Waals surface area (Å²) < 4.78 is 10.4. The van der Waals surface area contributed by atoms with Crippen LogP contribution in [-0.2, 0) is 9.47 Å². The van der Waals surface area contributed by atoms with Crippen molar-refractivity contribution in [3.8, 4) is 0 Å². The molecule has 0 aromatic heterocycles. The van der Waals surface area contributed by atoms with Gasteiger partial charge in [-0.3, -0.25) is 0 Å². The van der Waals surface area contributed by atoms with E-state index >= 15 is 0 Å². The minimum Gasteiger partial charge on any atom is -0.382 e. The van der Waals surface area contributed by atoms with Crippen molar-refractivity contribution >= 4 is 0 Å². The molecule has 0 aliphatic heterocycles. The van der Waals surface area contributed by atoms with Crippen LogP contribution >= 0.6 is 0 Å². The number of benzene rings is 1. The van der Waals surface area contributed by atoms with E-state index in [1.54, 1.807) is 7.11 Å². The fourth-order valence-electron chi connectivity index (χ4n) is 2.48. The summed E-state index contributed by atoms with van der Waals surface area (Å²) in [7, 11) is 1.70. The summed E-state index contributed by atoms with van der Waals surface area (Å²) in [5.41, 5.74) is 1.44. The highest BCUT2D eigenvalue weighted by Gasteiger charge is 2.31. The Labute approximate surface area is 122 Å². The molecule has 1 fully saturated rings. The van der Waals surface area contributed by atoms with Crippen LogP contribution in [-0.4, -0.2) is 33.5 Å². The molecule has 1 unspecified atom stereocenters. The first-order valence-electron chi connectivity index (χ1n) is 7.77. The molecule has 1 aromatic carbocycles. The number of nitrogens with one attached hydrogen (secondary N) is 1. The van der Waals surface area contributed by atoms with Gasteiger partial charge in [0.2, 0.25) is 0 Å². The van der Waals surface area contributed by atoms with Crippen LogP contribution in [0.15, 0.2) is 30.3 Å². The molecule has 0 radical (unpaired) electrons. The van der Waals surface area contributed by atoms with Gasteiger partial charge in [-0.1, -0.05) is 30.3 Å². The second-order valence-corrected chi connectivity index (χ2v) is 5.49. The molecule has 2 rings (SSSR count). The Hall–Kier alpha value is -0.900. The first kappa shape index (κ1) is 15.5. The number of unbranched alkanes of at least 4 members (excludes halogenated alkanes) is 1. The van der Waals surface area contributed by atoms with E-state index in [0.29, 0.717) is 19.3 Å². The maximum atomic E-state index is 5.47. The largest absolute Gasteiger partial charge is 0.382 e. The third-order valence-corrected chi connectivity index (χ3v) is 3.76. The van der Waals surface area contributed by atoms with Crippen LogP contribution in [0.3, 0.4) is 0 Å². The first-order valence-corrected chi connectivity index (χ1v) is 7.77. The Morgan fingerprint density at radius 2 is 1.90 bits per heavy atom. The van der Waals surface area contributed by atoms with Gasteiger partial charge in [0.1, 0.15) is 0 Å². The van der Waals surface area contributed by atoms with Gasteiger partial charge < -0.3 is 14.8 Å². The molecule has 0 spiro atoms. The molecule has 1 atom stereocenters. The van der Waals surface area contributed by atoms with Gasteiger partial charge in [0.25, 0.3) is 0 Å². The van der Waals surface area contributed by atoms with E-state index in [1.165, 1.54) is 24.8 Å². The fourth-order valence-corrected chi connectivity index (χ4v) is 2.48. The third-order valence-electron chi connectivity index (χ3n) is 3.76. The highest BCUT2D eigenvalue weighted by Crippen LogP contribution is 2.40. The molecule has 1 N–H and O–H groups in total. The van der Waals surface area contributed by atoms with E-state index in [1.807, 2.05) is 0 Å². The van der Waals surface area contributed by atoms with Crippen LogP contribution in [0.25, 0.3) is 0 Å². The Bertz CT molecular complexity index is 351. The van der Waals surface area contributed by atoms with Gasteiger partial charge in [0.05, 0.1) is 13.2 Å². The molecule has 3 heteroatoms. The van der Waals surface area contributed by atoms with Gasteiger partial charge in [-0.15, -0.1) is 0 Å². The molecule has 1 aliphatic carbocycles. The average Bonchev–Trinajstić information content (AvgIpc) is 3.31. The van der Waals surface area contributed by atoms with E-state index in [2.05, 4.69) is 35.6 Å². The molecule has 0 bridgehead atoms. The number of hydrogen-bond acceptors (Lipinski definition) is 3. The SMILES string of the molecule is COCCOCCCCNC(c1ccccc1)C1CC1. The molecule has 0 heterocycles. The van der Waals surface area contributed by atoms with Crippen molar-refractivity contribution < 1.29 is 9.47 Å². The van der Waals surface area contributed by atoms with E-state index in [-0.39, 0.29) is 0 Å². The fraction of sp³-hybridized carbons (Fsp3) is 0.647. The predicted octanol–water partition coefficient (Wildman–Crippen LogP) is 3.17. The lowest BCUT2D eigenvalue weighted by Crippen LogP contribution is -2.24. The predicted molar refractivity (Wildman–Crippen MR) is 81.8 cm³/mol. The number of ether oxygens (including phenoxy) is 2. The molecule has 112 valence electrons. The van der Waals surface area contributed by atoms with E-state index in [4.69, 9.17) is 9.47 Å². The van der Waals surface area contributed by atoms with Gasteiger partial charge in [-0.2, -0.15) is 0 Å². The zero-order valence-electron chi connectivity index (χ0n) is 12.5. The van der Waals surface area contributed by atoms with Gasteiger partial charge in [0, 0.05) is 19.8 Å². The van der Waals surface area contributed by atoms with Crippen molar-refractivity contribution in [2.24, 2.45) is 5.92 Å². The third kappa shape index (κ3) is 5.61. The van der Waals surface area contributed by atoms with Crippen LogP contribution < -0.4 is 5.32 Å². The summed E-state index contributed by atoms with van der Waals surface area (Å²) in [4.78, 5) is 0. The highest BCUT2D eigenvalue weighted by molar-refractivity contribution is 5.21. The van der Waals surface area contributed by atoms with Gasteiger partial charge >= 0.3 is 0 Å². The molecule has 0 saturated heterocycles. The second-order valence-electron chi connectivity index (χ2n) is 5.49. The second kappa shape index (κ2) is 9.11. The molecular formula is C17H27NO2. The van der Waals surface area contributed by atoms with Crippen LogP contribution in [0.2, 0.25) is 0 Å². The number of hydrogen-bond donors (Lipinski definition) is 1. The normalized spacial score (nSPS) is 16.2. The molecule has 0 amide bonds. The molecule has 1 aromatic rings. The monoisotopic (exact) mass is 277 g/mol. The lowest BCUT2D eigenvalue weighted by Gasteiger charge is -2.18. The standard InChI is InChI=1S/C17H27NO2/c1-19-13-14-20-12-6-5-11-18-17(16-9-10-16)15-7-3-2-4-8-15/h2-4,7-8,16-18H,5-6,9-14H2,1H3. The summed E-state index contributed by atoms with van der Waals surface area (Å²) in [6, 6.07) is 11.4. The zero-order chi connectivity index (χ0) is 14.0. The summed E-state index contributed by atoms with van der Waals surface area (Å²) in [5, 5.41) is 3.72. The van der Waals surface area contributed by atoms with Crippen molar-refractivity contribution in [3.63, 3.8) is 0 Å². The molecule has 3 nitrogen and oxygen atoms in total. The van der Waals surface area contributed by atoms with Crippen LogP contribution in [0, 0.1) is 5.92 Å². The minimum atomic E-state index is 0.547. The maximum Gasteiger partial charge on any atom is 0.0700 e. The van der Waals surface area contributed by atoms with Crippen LogP contribution in [0.1, 0.15) is 37.3 Å². The zero-order valence-corrected chi connectivity index (χ0v) is 12.5. The highest BCUT2D eigenvalue weighted by atomic mass is 16.5. The quantitative estimate of drug-likeness (QED) is 0.630. The van der Waals surface area contributed by atoms with E-state index in [9.17, 15) is 0 Å². The molecular weight excluding hydrogens is 250 g/mol. The van der Waals surface area contributed by atoms with E-state index < -0.39 is 0 Å². The van der Waals surface area contributed by atoms with Crippen molar-refractivity contribution in [2.75, 3.05) is 33.5 Å². The summed E-state index contributed by atoms with van der Waals surface area (Å²) in [5.74, 6) is 0.843. The maximum absolute atomic E-state index is 5.47. The Balaban J connectivity index is 1.59. The topological polar surface area (TPSA) is 30.5 Å². The van der Waals surface area contributed by atoms with E-state index in [0.717, 1.165) is 25.5 Å². The lowest BCUT2D eigenvalue weighted by atomic mass is 10.0.